The number of nitrogens with zero attached hydrogens (tertiary/aromatic N) is 1. The Morgan fingerprint density at radius 3 is 2.53 bits per heavy atom. The van der Waals surface area contributed by atoms with E-state index in [4.69, 9.17) is 0 Å². The molecule has 0 fully saturated rings. The highest BCUT2D eigenvalue weighted by molar-refractivity contribution is 14.1. The van der Waals surface area contributed by atoms with E-state index in [0.717, 1.165) is 3.57 Å². The smallest absolute Gasteiger partial charge is 0.182 e. The standard InChI is InChI=1S/C15H13FINO/c1-18(14-4-2-3-12(16)9-14)10-15(19)11-5-7-13(17)8-6-11/h2-9H,10H2,1H3. The van der Waals surface area contributed by atoms with Crippen LogP contribution in [0.2, 0.25) is 0 Å². The van der Waals surface area contributed by atoms with Crippen molar-refractivity contribution in [2.24, 2.45) is 0 Å². The van der Waals surface area contributed by atoms with E-state index in [0.29, 0.717) is 11.3 Å². The van der Waals surface area contributed by atoms with Gasteiger partial charge in [0.15, 0.2) is 5.78 Å². The lowest BCUT2D eigenvalue weighted by atomic mass is 10.1. The molecular formula is C15H13FINO. The van der Waals surface area contributed by atoms with Crippen LogP contribution in [-0.4, -0.2) is 19.4 Å². The molecule has 4 heteroatoms. The van der Waals surface area contributed by atoms with Crippen LogP contribution in [0.15, 0.2) is 48.5 Å². The van der Waals surface area contributed by atoms with E-state index >= 15 is 0 Å². The summed E-state index contributed by atoms with van der Waals surface area (Å²) >= 11 is 2.19. The molecule has 2 nitrogen and oxygen atoms in total. The van der Waals surface area contributed by atoms with Crippen LogP contribution in [0.5, 0.6) is 0 Å². The Labute approximate surface area is 125 Å². The number of ketones is 1. The van der Waals surface area contributed by atoms with E-state index in [1.807, 2.05) is 24.3 Å². The highest BCUT2D eigenvalue weighted by Gasteiger charge is 2.10. The Bertz CT molecular complexity index is 583. The van der Waals surface area contributed by atoms with Crippen LogP contribution in [-0.2, 0) is 0 Å². The number of anilines is 1. The molecule has 0 aliphatic heterocycles. The van der Waals surface area contributed by atoms with Gasteiger partial charge in [0.05, 0.1) is 6.54 Å². The third-order valence-electron chi connectivity index (χ3n) is 2.80. The first-order chi connectivity index (χ1) is 9.06. The molecule has 98 valence electrons. The fourth-order valence-electron chi connectivity index (χ4n) is 1.75. The fraction of sp³-hybridized carbons (Fsp3) is 0.133. The van der Waals surface area contributed by atoms with Crippen LogP contribution in [0.1, 0.15) is 10.4 Å². The van der Waals surface area contributed by atoms with Gasteiger partial charge in [0.25, 0.3) is 0 Å². The van der Waals surface area contributed by atoms with Gasteiger partial charge in [0.1, 0.15) is 5.82 Å². The second-order valence-corrected chi connectivity index (χ2v) is 5.51. The van der Waals surface area contributed by atoms with Crippen LogP contribution >= 0.6 is 22.6 Å². The van der Waals surface area contributed by atoms with Crippen molar-refractivity contribution in [3.8, 4) is 0 Å². The lowest BCUT2D eigenvalue weighted by Gasteiger charge is -2.18. The molecule has 2 aromatic carbocycles. The molecule has 0 aliphatic carbocycles. The van der Waals surface area contributed by atoms with Gasteiger partial charge in [-0.25, -0.2) is 4.39 Å². The molecule has 0 bridgehead atoms. The van der Waals surface area contributed by atoms with Crippen molar-refractivity contribution < 1.29 is 9.18 Å². The summed E-state index contributed by atoms with van der Waals surface area (Å²) in [5.74, 6) is -0.283. The number of rotatable bonds is 4. The second-order valence-electron chi connectivity index (χ2n) is 4.27. The molecule has 0 saturated heterocycles. The van der Waals surface area contributed by atoms with E-state index in [1.165, 1.54) is 12.1 Å². The van der Waals surface area contributed by atoms with E-state index in [9.17, 15) is 9.18 Å². The van der Waals surface area contributed by atoms with Crippen molar-refractivity contribution >= 4 is 34.1 Å². The van der Waals surface area contributed by atoms with Gasteiger partial charge >= 0.3 is 0 Å². The summed E-state index contributed by atoms with van der Waals surface area (Å²) in [6.45, 7) is 0.226. The summed E-state index contributed by atoms with van der Waals surface area (Å²) in [5.41, 5.74) is 1.36. The molecule has 2 rings (SSSR count). The molecule has 0 radical (unpaired) electrons. The molecule has 0 heterocycles. The number of hydrogen-bond acceptors (Lipinski definition) is 2. The first-order valence-corrected chi connectivity index (χ1v) is 6.89. The quantitative estimate of drug-likeness (QED) is 0.605. The molecule has 0 N–H and O–H groups in total. The molecule has 0 spiro atoms. The molecule has 0 saturated carbocycles. The van der Waals surface area contributed by atoms with Crippen molar-refractivity contribution in [2.45, 2.75) is 0 Å². The average Bonchev–Trinajstić information content (AvgIpc) is 2.39. The maximum atomic E-state index is 13.1. The van der Waals surface area contributed by atoms with Gasteiger partial charge < -0.3 is 4.90 Å². The summed E-state index contributed by atoms with van der Waals surface area (Å²) in [5, 5.41) is 0. The topological polar surface area (TPSA) is 20.3 Å². The zero-order chi connectivity index (χ0) is 13.8. The van der Waals surface area contributed by atoms with Crippen LogP contribution in [0.25, 0.3) is 0 Å². The summed E-state index contributed by atoms with van der Waals surface area (Å²) in [7, 11) is 1.78. The van der Waals surface area contributed by atoms with Crippen molar-refractivity contribution in [3.05, 3.63) is 63.5 Å². The number of carbonyl (C=O) groups is 1. The second kappa shape index (κ2) is 6.14. The zero-order valence-electron chi connectivity index (χ0n) is 10.4. The highest BCUT2D eigenvalue weighted by Crippen LogP contribution is 2.15. The van der Waals surface area contributed by atoms with Gasteiger partial charge in [-0.05, 0) is 52.9 Å². The lowest BCUT2D eigenvalue weighted by molar-refractivity contribution is 0.100. The SMILES string of the molecule is CN(CC(=O)c1ccc(I)cc1)c1cccc(F)c1. The minimum absolute atomic E-state index is 0.0168. The number of benzene rings is 2. The predicted molar refractivity (Wildman–Crippen MR) is 83.2 cm³/mol. The zero-order valence-corrected chi connectivity index (χ0v) is 12.6. The Hall–Kier alpha value is -1.43. The van der Waals surface area contributed by atoms with Gasteiger partial charge in [-0.3, -0.25) is 4.79 Å². The largest absolute Gasteiger partial charge is 0.367 e. The normalized spacial score (nSPS) is 10.3. The third kappa shape index (κ3) is 3.76. The number of carbonyl (C=O) groups excluding carboxylic acids is 1. The first-order valence-electron chi connectivity index (χ1n) is 5.82. The Kier molecular flexibility index (Phi) is 4.52. The van der Waals surface area contributed by atoms with E-state index in [1.54, 1.807) is 24.1 Å². The molecule has 0 aromatic heterocycles. The van der Waals surface area contributed by atoms with Gasteiger partial charge in [-0.2, -0.15) is 0 Å². The summed E-state index contributed by atoms with van der Waals surface area (Å²) in [6.07, 6.45) is 0. The Morgan fingerprint density at radius 1 is 1.21 bits per heavy atom. The molecule has 0 unspecified atom stereocenters. The first kappa shape index (κ1) is 14.0. The van der Waals surface area contributed by atoms with Gasteiger partial charge in [-0.15, -0.1) is 0 Å². The summed E-state index contributed by atoms with van der Waals surface area (Å²) in [4.78, 5) is 13.8. The Morgan fingerprint density at radius 2 is 1.89 bits per heavy atom. The number of halogens is 2. The molecule has 2 aromatic rings. The van der Waals surface area contributed by atoms with Gasteiger partial charge in [0.2, 0.25) is 0 Å². The van der Waals surface area contributed by atoms with Crippen molar-refractivity contribution in [1.82, 2.24) is 0 Å². The van der Waals surface area contributed by atoms with Crippen LogP contribution < -0.4 is 4.90 Å². The average molecular weight is 369 g/mol. The monoisotopic (exact) mass is 369 g/mol. The van der Waals surface area contributed by atoms with Crippen molar-refractivity contribution in [2.75, 3.05) is 18.5 Å². The van der Waals surface area contributed by atoms with E-state index in [2.05, 4.69) is 22.6 Å². The number of likely N-dealkylation sites (N-methyl/N-ethyl adjacent to an activating group) is 1. The maximum absolute atomic E-state index is 13.1. The van der Waals surface area contributed by atoms with Crippen molar-refractivity contribution in [3.63, 3.8) is 0 Å². The van der Waals surface area contributed by atoms with E-state index in [-0.39, 0.29) is 18.1 Å². The minimum Gasteiger partial charge on any atom is -0.367 e. The minimum atomic E-state index is -0.300. The van der Waals surface area contributed by atoms with Crippen molar-refractivity contribution in [1.29, 1.82) is 0 Å². The molecule has 0 aliphatic rings. The number of hydrogen-bond donors (Lipinski definition) is 0. The predicted octanol–water partition coefficient (Wildman–Crippen LogP) is 3.75. The molecule has 19 heavy (non-hydrogen) atoms. The maximum Gasteiger partial charge on any atom is 0.182 e. The Balaban J connectivity index is 2.08. The van der Waals surface area contributed by atoms with Crippen LogP contribution in [0.4, 0.5) is 10.1 Å². The van der Waals surface area contributed by atoms with Crippen LogP contribution in [0, 0.1) is 9.39 Å². The molecular weight excluding hydrogens is 356 g/mol. The lowest BCUT2D eigenvalue weighted by Crippen LogP contribution is -2.25. The third-order valence-corrected chi connectivity index (χ3v) is 3.52. The summed E-state index contributed by atoms with van der Waals surface area (Å²) < 4.78 is 14.2. The summed E-state index contributed by atoms with van der Waals surface area (Å²) in [6, 6.07) is 13.6. The number of Topliss-reactive ketones (excluding diaryl/α,β-unsaturated/α-hetero) is 1. The van der Waals surface area contributed by atoms with Crippen LogP contribution in [0.3, 0.4) is 0 Å². The highest BCUT2D eigenvalue weighted by atomic mass is 127. The fourth-order valence-corrected chi connectivity index (χ4v) is 2.11. The molecule has 0 amide bonds. The van der Waals surface area contributed by atoms with Gasteiger partial charge in [-0.1, -0.05) is 18.2 Å². The van der Waals surface area contributed by atoms with E-state index < -0.39 is 0 Å². The molecule has 0 atom stereocenters. The van der Waals surface area contributed by atoms with Gasteiger partial charge in [0, 0.05) is 21.9 Å².